The van der Waals surface area contributed by atoms with Crippen molar-refractivity contribution in [2.24, 2.45) is 0 Å². The molecule has 4 aromatic carbocycles. The Kier molecular flexibility index (Phi) is 4.89. The lowest BCUT2D eigenvalue weighted by atomic mass is 9.92. The van der Waals surface area contributed by atoms with Gasteiger partial charge in [-0.25, -0.2) is 4.98 Å². The van der Waals surface area contributed by atoms with Gasteiger partial charge in [-0.05, 0) is 45.9 Å². The van der Waals surface area contributed by atoms with Crippen LogP contribution in [-0.4, -0.2) is 11.2 Å². The topological polar surface area (TPSA) is 26.0 Å². The molecule has 2 nitrogen and oxygen atoms in total. The van der Waals surface area contributed by atoms with E-state index in [2.05, 4.69) is 73.5 Å². The Balaban J connectivity index is 1.82. The van der Waals surface area contributed by atoms with Crippen LogP contribution in [0.5, 0.6) is 0 Å². The van der Waals surface area contributed by atoms with Gasteiger partial charge >= 0.3 is 0 Å². The van der Waals surface area contributed by atoms with E-state index in [-0.39, 0.29) is 5.25 Å². The third kappa shape index (κ3) is 3.12. The van der Waals surface area contributed by atoms with Crippen LogP contribution in [0.4, 0.5) is 0 Å². The van der Waals surface area contributed by atoms with Crippen LogP contribution in [0, 0.1) is 0 Å². The van der Waals surface area contributed by atoms with E-state index in [0.29, 0.717) is 5.89 Å². The van der Waals surface area contributed by atoms with Crippen LogP contribution in [0.25, 0.3) is 39.4 Å². The fourth-order valence-corrected chi connectivity index (χ4v) is 5.00. The maximum absolute atomic E-state index is 6.25. The summed E-state index contributed by atoms with van der Waals surface area (Å²) in [5.41, 5.74) is 6.32. The number of fused-ring (bicyclic) bond motifs is 2. The second-order valence-electron chi connectivity index (χ2n) is 7.19. The van der Waals surface area contributed by atoms with Crippen molar-refractivity contribution in [1.29, 1.82) is 0 Å². The third-order valence-corrected chi connectivity index (χ3v) is 6.46. The molecule has 0 spiro atoms. The number of para-hydroxylation sites is 2. The van der Waals surface area contributed by atoms with Gasteiger partial charge in [0.05, 0.1) is 5.25 Å². The standard InChI is InChI=1S/C27H21NOS/c1-3-18-10-4-7-13-21(18)26(30-2)22-17-16-19-11-5-6-12-20(19)25(22)27-28-23-14-8-9-15-24(23)29-27/h3-17,26H,1H2,2H3. The molecule has 0 aliphatic rings. The molecule has 0 saturated carbocycles. The van der Waals surface area contributed by atoms with Crippen LogP contribution in [0.2, 0.25) is 0 Å². The van der Waals surface area contributed by atoms with E-state index in [1.54, 1.807) is 0 Å². The van der Waals surface area contributed by atoms with Crippen LogP contribution in [-0.2, 0) is 0 Å². The molecule has 30 heavy (non-hydrogen) atoms. The fourth-order valence-electron chi connectivity index (χ4n) is 4.08. The van der Waals surface area contributed by atoms with Crippen molar-refractivity contribution in [2.45, 2.75) is 5.25 Å². The lowest BCUT2D eigenvalue weighted by Crippen LogP contribution is -2.02. The largest absolute Gasteiger partial charge is 0.436 e. The van der Waals surface area contributed by atoms with Crippen LogP contribution in [0.15, 0.2) is 95.9 Å². The molecule has 0 radical (unpaired) electrons. The highest BCUT2D eigenvalue weighted by Crippen LogP contribution is 2.44. The maximum Gasteiger partial charge on any atom is 0.228 e. The highest BCUT2D eigenvalue weighted by Gasteiger charge is 2.23. The number of hydrogen-bond donors (Lipinski definition) is 0. The quantitative estimate of drug-likeness (QED) is 0.298. The molecule has 146 valence electrons. The highest BCUT2D eigenvalue weighted by molar-refractivity contribution is 7.99. The van der Waals surface area contributed by atoms with E-state index in [0.717, 1.165) is 27.6 Å². The molecule has 3 heteroatoms. The summed E-state index contributed by atoms with van der Waals surface area (Å²) in [6.07, 6.45) is 4.08. The first-order valence-corrected chi connectivity index (χ1v) is 11.2. The predicted octanol–water partition coefficient (Wildman–Crippen LogP) is 7.74. The molecule has 1 atom stereocenters. The molecule has 1 aromatic heterocycles. The van der Waals surface area contributed by atoms with Crippen LogP contribution < -0.4 is 0 Å². The Morgan fingerprint density at radius 3 is 2.47 bits per heavy atom. The number of thioether (sulfide) groups is 1. The van der Waals surface area contributed by atoms with E-state index >= 15 is 0 Å². The number of nitrogens with zero attached hydrogens (tertiary/aromatic N) is 1. The molecule has 0 bridgehead atoms. The number of rotatable bonds is 5. The minimum absolute atomic E-state index is 0.133. The Bertz CT molecular complexity index is 1330. The summed E-state index contributed by atoms with van der Waals surface area (Å²) in [5.74, 6) is 0.665. The first-order valence-electron chi connectivity index (χ1n) is 9.92. The average molecular weight is 408 g/mol. The summed E-state index contributed by atoms with van der Waals surface area (Å²) in [5, 5.41) is 2.46. The third-order valence-electron chi connectivity index (χ3n) is 5.49. The lowest BCUT2D eigenvalue weighted by molar-refractivity contribution is 0.620. The van der Waals surface area contributed by atoms with Crippen molar-refractivity contribution in [3.63, 3.8) is 0 Å². The van der Waals surface area contributed by atoms with Crippen molar-refractivity contribution in [3.05, 3.63) is 108 Å². The van der Waals surface area contributed by atoms with Gasteiger partial charge in [-0.2, -0.15) is 11.8 Å². The van der Waals surface area contributed by atoms with Gasteiger partial charge in [0.25, 0.3) is 0 Å². The van der Waals surface area contributed by atoms with Crippen molar-refractivity contribution in [1.82, 2.24) is 4.98 Å². The number of aromatic nitrogens is 1. The normalized spacial score (nSPS) is 12.3. The molecule has 1 unspecified atom stereocenters. The zero-order chi connectivity index (χ0) is 20.5. The minimum Gasteiger partial charge on any atom is -0.436 e. The molecule has 0 aliphatic carbocycles. The highest BCUT2D eigenvalue weighted by atomic mass is 32.2. The molecule has 0 amide bonds. The maximum atomic E-state index is 6.25. The molecule has 0 fully saturated rings. The minimum atomic E-state index is 0.133. The van der Waals surface area contributed by atoms with Crippen LogP contribution in [0.1, 0.15) is 21.9 Å². The van der Waals surface area contributed by atoms with E-state index < -0.39 is 0 Å². The monoisotopic (exact) mass is 407 g/mol. The molecule has 5 rings (SSSR count). The Morgan fingerprint density at radius 2 is 1.63 bits per heavy atom. The summed E-state index contributed by atoms with van der Waals surface area (Å²) in [4.78, 5) is 4.85. The SMILES string of the molecule is C=Cc1ccccc1C(SC)c1ccc2ccccc2c1-c1nc2ccccc2o1. The smallest absolute Gasteiger partial charge is 0.228 e. The molecule has 0 saturated heterocycles. The number of oxazole rings is 1. The van der Waals surface area contributed by atoms with Gasteiger partial charge in [0, 0.05) is 5.56 Å². The first-order chi connectivity index (χ1) is 14.8. The van der Waals surface area contributed by atoms with Gasteiger partial charge in [0.15, 0.2) is 5.58 Å². The zero-order valence-electron chi connectivity index (χ0n) is 16.7. The average Bonchev–Trinajstić information content (AvgIpc) is 3.23. The van der Waals surface area contributed by atoms with Crippen molar-refractivity contribution in [3.8, 4) is 11.5 Å². The van der Waals surface area contributed by atoms with Crippen molar-refractivity contribution >= 4 is 39.7 Å². The van der Waals surface area contributed by atoms with E-state index in [4.69, 9.17) is 9.40 Å². The summed E-state index contributed by atoms with van der Waals surface area (Å²) >= 11 is 1.81. The number of benzene rings is 4. The number of hydrogen-bond acceptors (Lipinski definition) is 3. The molecule has 0 aliphatic heterocycles. The zero-order valence-corrected chi connectivity index (χ0v) is 17.5. The Morgan fingerprint density at radius 1 is 0.867 bits per heavy atom. The molecule has 1 heterocycles. The van der Waals surface area contributed by atoms with Crippen LogP contribution >= 0.6 is 11.8 Å². The van der Waals surface area contributed by atoms with E-state index in [9.17, 15) is 0 Å². The summed E-state index contributed by atoms with van der Waals surface area (Å²) in [6.45, 7) is 4.02. The van der Waals surface area contributed by atoms with Gasteiger partial charge in [0.2, 0.25) is 5.89 Å². The predicted molar refractivity (Wildman–Crippen MR) is 129 cm³/mol. The Labute approximate surface area is 180 Å². The van der Waals surface area contributed by atoms with E-state index in [1.165, 1.54) is 16.5 Å². The first kappa shape index (κ1) is 18.7. The lowest BCUT2D eigenvalue weighted by Gasteiger charge is -2.21. The van der Waals surface area contributed by atoms with Gasteiger partial charge in [-0.15, -0.1) is 0 Å². The summed E-state index contributed by atoms with van der Waals surface area (Å²) in [7, 11) is 0. The Hall–Kier alpha value is -3.30. The van der Waals surface area contributed by atoms with Gasteiger partial charge in [0.1, 0.15) is 5.52 Å². The van der Waals surface area contributed by atoms with Gasteiger partial charge < -0.3 is 4.42 Å². The molecule has 0 N–H and O–H groups in total. The summed E-state index contributed by atoms with van der Waals surface area (Å²) < 4.78 is 6.25. The second-order valence-corrected chi connectivity index (χ2v) is 8.13. The van der Waals surface area contributed by atoms with Gasteiger partial charge in [-0.1, -0.05) is 85.5 Å². The molecular weight excluding hydrogens is 386 g/mol. The van der Waals surface area contributed by atoms with Gasteiger partial charge in [-0.3, -0.25) is 0 Å². The van der Waals surface area contributed by atoms with E-state index in [1.807, 2.05) is 42.1 Å². The van der Waals surface area contributed by atoms with Crippen molar-refractivity contribution in [2.75, 3.05) is 6.26 Å². The summed E-state index contributed by atoms with van der Waals surface area (Å²) in [6, 6.07) is 29.2. The van der Waals surface area contributed by atoms with Crippen molar-refractivity contribution < 1.29 is 4.42 Å². The second kappa shape index (κ2) is 7.85. The molecular formula is C27H21NOS. The van der Waals surface area contributed by atoms with Crippen LogP contribution in [0.3, 0.4) is 0 Å². The molecule has 5 aromatic rings. The fraction of sp³-hybridized carbons (Fsp3) is 0.0741.